The van der Waals surface area contributed by atoms with Crippen LogP contribution in [0.3, 0.4) is 0 Å². The van der Waals surface area contributed by atoms with Gasteiger partial charge in [0.25, 0.3) is 0 Å². The third-order valence-electron chi connectivity index (χ3n) is 6.48. The topological polar surface area (TPSA) is 39.4 Å². The van der Waals surface area contributed by atoms with Crippen molar-refractivity contribution in [2.75, 3.05) is 6.54 Å². The molecule has 4 aromatic carbocycles. The Kier molecular flexibility index (Phi) is 7.48. The Morgan fingerprint density at radius 2 is 1.79 bits per heavy atom. The quantitative estimate of drug-likeness (QED) is 0.146. The number of fused-ring (bicyclic) bond motifs is 3. The highest BCUT2D eigenvalue weighted by Crippen LogP contribution is 2.29. The average Bonchev–Trinajstić information content (AvgIpc) is 3.33. The lowest BCUT2D eigenvalue weighted by Gasteiger charge is -2.12. The van der Waals surface area contributed by atoms with Gasteiger partial charge in [0.2, 0.25) is 0 Å². The molecule has 0 bridgehead atoms. The zero-order valence-corrected chi connectivity index (χ0v) is 22.3. The largest absolute Gasteiger partial charge is 0.573 e. The highest BCUT2D eigenvalue weighted by atomic mass is 32.1. The van der Waals surface area contributed by atoms with Crippen molar-refractivity contribution in [2.45, 2.75) is 32.5 Å². The van der Waals surface area contributed by atoms with Crippen LogP contribution in [0.25, 0.3) is 27.5 Å². The minimum atomic E-state index is -4.72. The summed E-state index contributed by atoms with van der Waals surface area (Å²) in [6, 6.07) is 24.1. The van der Waals surface area contributed by atoms with Crippen molar-refractivity contribution < 1.29 is 17.9 Å². The number of alkyl halides is 3. The van der Waals surface area contributed by atoms with E-state index in [4.69, 9.17) is 12.2 Å². The van der Waals surface area contributed by atoms with Crippen LogP contribution in [0.2, 0.25) is 0 Å². The smallest absolute Gasteiger partial charge is 0.406 e. The second kappa shape index (κ2) is 11.0. The summed E-state index contributed by atoms with van der Waals surface area (Å²) < 4.78 is 43.2. The van der Waals surface area contributed by atoms with Crippen LogP contribution in [-0.4, -0.2) is 33.5 Å². The van der Waals surface area contributed by atoms with Gasteiger partial charge in [-0.15, -0.1) is 13.2 Å². The van der Waals surface area contributed by atoms with E-state index < -0.39 is 6.36 Å². The van der Waals surface area contributed by atoms with Crippen LogP contribution in [0.1, 0.15) is 36.5 Å². The Morgan fingerprint density at radius 3 is 2.54 bits per heavy atom. The summed E-state index contributed by atoms with van der Waals surface area (Å²) in [4.78, 5) is 10.1. The van der Waals surface area contributed by atoms with Gasteiger partial charge >= 0.3 is 6.36 Å². The van der Waals surface area contributed by atoms with Crippen LogP contribution in [-0.2, 0) is 6.42 Å². The number of aliphatic imine (C=N–C) groups is 1. The van der Waals surface area contributed by atoms with Crippen molar-refractivity contribution in [1.29, 1.82) is 0 Å². The first-order chi connectivity index (χ1) is 18.7. The molecule has 0 amide bonds. The molecule has 39 heavy (non-hydrogen) atoms. The maximum absolute atomic E-state index is 12.5. The number of hydrogen-bond donors (Lipinski definition) is 0. The van der Waals surface area contributed by atoms with Crippen LogP contribution in [0.4, 0.5) is 13.2 Å². The summed E-state index contributed by atoms with van der Waals surface area (Å²) in [5.74, 6) is 0.179. The number of rotatable bonds is 8. The van der Waals surface area contributed by atoms with E-state index >= 15 is 0 Å². The SMILES string of the molecule is CC(C)c1ccccc1CC(=S)CN=Cc1ccc2c(ccc3c2ncn3-c2ccc(OC(F)(F)F)cc2)c1. The monoisotopic (exact) mass is 545 g/mol. The Hall–Kier alpha value is -4.04. The van der Waals surface area contributed by atoms with E-state index in [1.54, 1.807) is 18.5 Å². The van der Waals surface area contributed by atoms with Gasteiger partial charge in [-0.3, -0.25) is 9.56 Å². The van der Waals surface area contributed by atoms with E-state index in [9.17, 15) is 13.2 Å². The minimum Gasteiger partial charge on any atom is -0.406 e. The molecule has 0 atom stereocenters. The molecule has 5 rings (SSSR count). The van der Waals surface area contributed by atoms with Crippen LogP contribution in [0.15, 0.2) is 90.2 Å². The first kappa shape index (κ1) is 26.6. The third-order valence-corrected chi connectivity index (χ3v) is 6.75. The van der Waals surface area contributed by atoms with E-state index in [0.29, 0.717) is 18.2 Å². The summed E-state index contributed by atoms with van der Waals surface area (Å²) in [6.45, 7) is 4.86. The van der Waals surface area contributed by atoms with Gasteiger partial charge in [-0.2, -0.15) is 0 Å². The van der Waals surface area contributed by atoms with Crippen molar-refractivity contribution in [3.05, 3.63) is 102 Å². The number of ether oxygens (including phenoxy) is 1. The summed E-state index contributed by atoms with van der Waals surface area (Å²) >= 11 is 5.62. The fraction of sp³-hybridized carbons (Fsp3) is 0.194. The number of nitrogens with zero attached hydrogens (tertiary/aromatic N) is 3. The van der Waals surface area contributed by atoms with E-state index in [2.05, 4.69) is 52.8 Å². The van der Waals surface area contributed by atoms with Gasteiger partial charge in [0.05, 0.1) is 17.6 Å². The first-order valence-corrected chi connectivity index (χ1v) is 12.9. The number of benzene rings is 4. The molecule has 4 nitrogen and oxygen atoms in total. The molecule has 0 spiro atoms. The van der Waals surface area contributed by atoms with E-state index in [0.717, 1.165) is 38.7 Å². The van der Waals surface area contributed by atoms with Gasteiger partial charge in [0.1, 0.15) is 12.1 Å². The van der Waals surface area contributed by atoms with Crippen molar-refractivity contribution in [1.82, 2.24) is 9.55 Å². The lowest BCUT2D eigenvalue weighted by atomic mass is 9.94. The summed E-state index contributed by atoms with van der Waals surface area (Å²) in [6.07, 6.45) is -0.486. The molecular formula is C31H26F3N3OS. The number of halogens is 3. The van der Waals surface area contributed by atoms with Crippen molar-refractivity contribution in [3.63, 3.8) is 0 Å². The van der Waals surface area contributed by atoms with Gasteiger partial charge in [-0.05, 0) is 64.4 Å². The molecule has 0 unspecified atom stereocenters. The van der Waals surface area contributed by atoms with Gasteiger partial charge in [0, 0.05) is 28.6 Å². The van der Waals surface area contributed by atoms with E-state index in [1.165, 1.54) is 23.3 Å². The lowest BCUT2D eigenvalue weighted by molar-refractivity contribution is -0.274. The highest BCUT2D eigenvalue weighted by Gasteiger charge is 2.31. The summed E-state index contributed by atoms with van der Waals surface area (Å²) in [7, 11) is 0. The number of imidazole rings is 1. The van der Waals surface area contributed by atoms with Gasteiger partial charge < -0.3 is 4.74 Å². The maximum Gasteiger partial charge on any atom is 0.573 e. The zero-order valence-electron chi connectivity index (χ0n) is 21.4. The molecule has 0 fully saturated rings. The molecule has 0 aliphatic carbocycles. The van der Waals surface area contributed by atoms with Crippen LogP contribution >= 0.6 is 12.2 Å². The molecule has 0 radical (unpaired) electrons. The number of thiocarbonyl (C=S) groups is 1. The molecule has 1 aromatic heterocycles. The van der Waals surface area contributed by atoms with E-state index in [1.807, 2.05) is 41.1 Å². The molecule has 198 valence electrons. The highest BCUT2D eigenvalue weighted by molar-refractivity contribution is 7.80. The maximum atomic E-state index is 12.5. The van der Waals surface area contributed by atoms with Crippen molar-refractivity contribution in [2.24, 2.45) is 4.99 Å². The normalized spacial score (nSPS) is 12.2. The fourth-order valence-corrected chi connectivity index (χ4v) is 4.93. The Balaban J connectivity index is 1.31. The molecule has 0 saturated carbocycles. The zero-order chi connectivity index (χ0) is 27.6. The van der Waals surface area contributed by atoms with Crippen molar-refractivity contribution >= 4 is 45.1 Å². The number of hydrogen-bond acceptors (Lipinski definition) is 4. The van der Waals surface area contributed by atoms with E-state index in [-0.39, 0.29) is 5.75 Å². The van der Waals surface area contributed by atoms with Crippen LogP contribution in [0.5, 0.6) is 5.75 Å². The molecule has 0 saturated heterocycles. The summed E-state index contributed by atoms with van der Waals surface area (Å²) in [5.41, 5.74) is 5.87. The van der Waals surface area contributed by atoms with Gasteiger partial charge in [-0.25, -0.2) is 4.98 Å². The lowest BCUT2D eigenvalue weighted by Crippen LogP contribution is -2.17. The molecule has 1 heterocycles. The molecular weight excluding hydrogens is 519 g/mol. The first-order valence-electron chi connectivity index (χ1n) is 12.5. The average molecular weight is 546 g/mol. The minimum absolute atomic E-state index is 0.267. The standard InChI is InChI=1S/C31H26F3N3OS/c1-20(2)27-6-4-3-5-22(27)16-26(39)18-35-17-21-7-13-28-23(15-21)8-14-29-30(28)36-19-37(29)24-9-11-25(12-10-24)38-31(32,33)34/h3-15,17,19-20H,16,18H2,1-2H3. The molecule has 0 aliphatic rings. The molecule has 8 heteroatoms. The second-order valence-corrected chi connectivity index (χ2v) is 10.2. The van der Waals surface area contributed by atoms with Crippen LogP contribution < -0.4 is 4.74 Å². The fourth-order valence-electron chi connectivity index (χ4n) is 4.70. The van der Waals surface area contributed by atoms with Gasteiger partial charge in [-0.1, -0.05) is 68.5 Å². The predicted octanol–water partition coefficient (Wildman–Crippen LogP) is 8.23. The Morgan fingerprint density at radius 1 is 1.03 bits per heavy atom. The number of aromatic nitrogens is 2. The van der Waals surface area contributed by atoms with Crippen molar-refractivity contribution in [3.8, 4) is 11.4 Å². The molecule has 0 aliphatic heterocycles. The third kappa shape index (κ3) is 6.17. The summed E-state index contributed by atoms with van der Waals surface area (Å²) in [5, 5.41) is 1.99. The Bertz CT molecular complexity index is 1670. The predicted molar refractivity (Wildman–Crippen MR) is 155 cm³/mol. The van der Waals surface area contributed by atoms with Gasteiger partial charge in [0.15, 0.2) is 0 Å². The molecule has 0 N–H and O–H groups in total. The van der Waals surface area contributed by atoms with Crippen LogP contribution in [0, 0.1) is 0 Å². The Labute approximate surface area is 229 Å². The molecule has 5 aromatic rings. The second-order valence-electron chi connectivity index (χ2n) is 9.61.